The summed E-state index contributed by atoms with van der Waals surface area (Å²) in [4.78, 5) is 2.54. The monoisotopic (exact) mass is 260 g/mol. The first-order valence-corrected chi connectivity index (χ1v) is 7.69. The molecule has 19 heavy (non-hydrogen) atoms. The van der Waals surface area contributed by atoms with E-state index in [1.54, 1.807) is 0 Å². The van der Waals surface area contributed by atoms with E-state index in [4.69, 9.17) is 0 Å². The largest absolute Gasteiger partial charge is 0.384 e. The number of aryl methyl sites for hydroxylation is 1. The highest BCUT2D eigenvalue weighted by Gasteiger charge is 2.17. The van der Waals surface area contributed by atoms with Crippen molar-refractivity contribution in [3.05, 3.63) is 29.3 Å². The maximum atomic E-state index is 3.58. The number of benzene rings is 1. The summed E-state index contributed by atoms with van der Waals surface area (Å²) in [5.74, 6) is 0. The number of anilines is 1. The van der Waals surface area contributed by atoms with Crippen LogP contribution >= 0.6 is 0 Å². The lowest BCUT2D eigenvalue weighted by molar-refractivity contribution is 0.198. The van der Waals surface area contributed by atoms with Crippen LogP contribution in [0.4, 0.5) is 5.69 Å². The van der Waals surface area contributed by atoms with E-state index in [1.807, 2.05) is 0 Å². The van der Waals surface area contributed by atoms with Gasteiger partial charge < -0.3 is 10.2 Å². The Morgan fingerprint density at radius 3 is 2.63 bits per heavy atom. The predicted octanol–water partition coefficient (Wildman–Crippen LogP) is 3.98. The second kappa shape index (κ2) is 6.95. The van der Waals surface area contributed by atoms with Crippen LogP contribution in [0.25, 0.3) is 0 Å². The van der Waals surface area contributed by atoms with Crippen LogP contribution in [0.2, 0.25) is 0 Å². The molecular formula is C17H28N2. The number of hydrogen-bond acceptors (Lipinski definition) is 2. The quantitative estimate of drug-likeness (QED) is 0.861. The van der Waals surface area contributed by atoms with Gasteiger partial charge in [0.2, 0.25) is 0 Å². The molecule has 1 aliphatic rings. The number of likely N-dealkylation sites (N-methyl/N-ethyl adjacent to an activating group) is 1. The number of hydrogen-bond donors (Lipinski definition) is 1. The van der Waals surface area contributed by atoms with Gasteiger partial charge in [-0.05, 0) is 50.9 Å². The van der Waals surface area contributed by atoms with Gasteiger partial charge in [0.1, 0.15) is 0 Å². The SMILES string of the molecule is Cc1cccc(NCCN(C)C2CCCCC2)c1C. The average Bonchev–Trinajstić information content (AvgIpc) is 2.44. The van der Waals surface area contributed by atoms with Crippen molar-refractivity contribution in [2.45, 2.75) is 52.0 Å². The molecule has 0 atom stereocenters. The summed E-state index contributed by atoms with van der Waals surface area (Å²) in [6.07, 6.45) is 7.05. The third kappa shape index (κ3) is 3.97. The molecule has 0 spiro atoms. The van der Waals surface area contributed by atoms with Gasteiger partial charge in [0.15, 0.2) is 0 Å². The molecule has 106 valence electrons. The number of nitrogens with one attached hydrogen (secondary N) is 1. The Morgan fingerprint density at radius 1 is 1.16 bits per heavy atom. The molecule has 1 fully saturated rings. The average molecular weight is 260 g/mol. The van der Waals surface area contributed by atoms with E-state index >= 15 is 0 Å². The molecule has 0 heterocycles. The lowest BCUT2D eigenvalue weighted by Gasteiger charge is -2.31. The maximum absolute atomic E-state index is 3.58. The molecule has 0 amide bonds. The Kier molecular flexibility index (Phi) is 5.26. The lowest BCUT2D eigenvalue weighted by atomic mass is 9.94. The molecule has 1 aromatic carbocycles. The van der Waals surface area contributed by atoms with Gasteiger partial charge in [0, 0.05) is 24.8 Å². The molecule has 1 N–H and O–H groups in total. The van der Waals surface area contributed by atoms with Crippen molar-refractivity contribution in [1.82, 2.24) is 4.90 Å². The van der Waals surface area contributed by atoms with Crippen LogP contribution in [0.5, 0.6) is 0 Å². The molecule has 0 unspecified atom stereocenters. The van der Waals surface area contributed by atoms with E-state index in [-0.39, 0.29) is 0 Å². The van der Waals surface area contributed by atoms with Crippen LogP contribution in [0.15, 0.2) is 18.2 Å². The fourth-order valence-electron chi connectivity index (χ4n) is 3.01. The van der Waals surface area contributed by atoms with Crippen molar-refractivity contribution in [3.63, 3.8) is 0 Å². The zero-order valence-corrected chi connectivity index (χ0v) is 12.7. The van der Waals surface area contributed by atoms with Crippen LogP contribution in [-0.4, -0.2) is 31.1 Å². The molecule has 1 saturated carbocycles. The third-order valence-electron chi connectivity index (χ3n) is 4.58. The summed E-state index contributed by atoms with van der Waals surface area (Å²) >= 11 is 0. The fraction of sp³-hybridized carbons (Fsp3) is 0.647. The zero-order valence-electron chi connectivity index (χ0n) is 12.7. The topological polar surface area (TPSA) is 15.3 Å². The van der Waals surface area contributed by atoms with Gasteiger partial charge in [-0.3, -0.25) is 0 Å². The van der Waals surface area contributed by atoms with E-state index in [0.717, 1.165) is 19.1 Å². The van der Waals surface area contributed by atoms with Crippen molar-refractivity contribution in [2.24, 2.45) is 0 Å². The second-order valence-corrected chi connectivity index (χ2v) is 5.95. The highest BCUT2D eigenvalue weighted by molar-refractivity contribution is 5.53. The Morgan fingerprint density at radius 2 is 1.89 bits per heavy atom. The third-order valence-corrected chi connectivity index (χ3v) is 4.58. The van der Waals surface area contributed by atoms with Crippen molar-refractivity contribution < 1.29 is 0 Å². The van der Waals surface area contributed by atoms with Crippen molar-refractivity contribution >= 4 is 5.69 Å². The number of nitrogens with zero attached hydrogens (tertiary/aromatic N) is 1. The van der Waals surface area contributed by atoms with Crippen LogP contribution < -0.4 is 5.32 Å². The van der Waals surface area contributed by atoms with E-state index < -0.39 is 0 Å². The Hall–Kier alpha value is -1.02. The summed E-state index contributed by atoms with van der Waals surface area (Å²) < 4.78 is 0. The zero-order chi connectivity index (χ0) is 13.7. The highest BCUT2D eigenvalue weighted by Crippen LogP contribution is 2.21. The molecule has 0 saturated heterocycles. The van der Waals surface area contributed by atoms with E-state index in [9.17, 15) is 0 Å². The van der Waals surface area contributed by atoms with Gasteiger partial charge in [-0.25, -0.2) is 0 Å². The van der Waals surface area contributed by atoms with Crippen molar-refractivity contribution in [1.29, 1.82) is 0 Å². The Bertz CT molecular complexity index is 394. The van der Waals surface area contributed by atoms with Crippen LogP contribution in [-0.2, 0) is 0 Å². The van der Waals surface area contributed by atoms with Gasteiger partial charge in [-0.15, -0.1) is 0 Å². The van der Waals surface area contributed by atoms with Gasteiger partial charge in [0.25, 0.3) is 0 Å². The van der Waals surface area contributed by atoms with E-state index in [2.05, 4.69) is 49.3 Å². The van der Waals surface area contributed by atoms with E-state index in [1.165, 1.54) is 48.9 Å². The van der Waals surface area contributed by atoms with Crippen LogP contribution in [0.3, 0.4) is 0 Å². The van der Waals surface area contributed by atoms with Gasteiger partial charge in [0.05, 0.1) is 0 Å². The van der Waals surface area contributed by atoms with Crippen molar-refractivity contribution in [2.75, 3.05) is 25.5 Å². The molecule has 0 aliphatic heterocycles. The minimum Gasteiger partial charge on any atom is -0.384 e. The van der Waals surface area contributed by atoms with Gasteiger partial charge in [-0.1, -0.05) is 31.4 Å². The first-order chi connectivity index (χ1) is 9.18. The molecule has 0 radical (unpaired) electrons. The Balaban J connectivity index is 1.78. The summed E-state index contributed by atoms with van der Waals surface area (Å²) in [5.41, 5.74) is 4.03. The Labute approximate surface area is 118 Å². The summed E-state index contributed by atoms with van der Waals surface area (Å²) in [7, 11) is 2.28. The molecule has 1 aliphatic carbocycles. The molecule has 0 bridgehead atoms. The van der Waals surface area contributed by atoms with Crippen molar-refractivity contribution in [3.8, 4) is 0 Å². The number of rotatable bonds is 5. The maximum Gasteiger partial charge on any atom is 0.0372 e. The summed E-state index contributed by atoms with van der Waals surface area (Å²) in [5, 5.41) is 3.58. The molecule has 2 nitrogen and oxygen atoms in total. The first-order valence-electron chi connectivity index (χ1n) is 7.69. The molecule has 1 aromatic rings. The minimum atomic E-state index is 0.814. The van der Waals surface area contributed by atoms with E-state index in [0.29, 0.717) is 0 Å². The smallest absolute Gasteiger partial charge is 0.0372 e. The molecule has 2 rings (SSSR count). The standard InChI is InChI=1S/C17H28N2/c1-14-8-7-11-17(15(14)2)18-12-13-19(3)16-9-5-4-6-10-16/h7-8,11,16,18H,4-6,9-10,12-13H2,1-3H3. The van der Waals surface area contributed by atoms with Crippen LogP contribution in [0, 0.1) is 13.8 Å². The second-order valence-electron chi connectivity index (χ2n) is 5.95. The first kappa shape index (κ1) is 14.4. The lowest BCUT2D eigenvalue weighted by Crippen LogP contribution is -2.36. The molecule has 0 aromatic heterocycles. The molecular weight excluding hydrogens is 232 g/mol. The normalized spacial score (nSPS) is 16.8. The predicted molar refractivity (Wildman–Crippen MR) is 83.9 cm³/mol. The van der Waals surface area contributed by atoms with Gasteiger partial charge >= 0.3 is 0 Å². The molecule has 2 heteroatoms. The van der Waals surface area contributed by atoms with Gasteiger partial charge in [-0.2, -0.15) is 0 Å². The highest BCUT2D eigenvalue weighted by atomic mass is 15.1. The van der Waals surface area contributed by atoms with Crippen LogP contribution in [0.1, 0.15) is 43.2 Å². The summed E-state index contributed by atoms with van der Waals surface area (Å²) in [6.45, 7) is 6.55. The summed E-state index contributed by atoms with van der Waals surface area (Å²) in [6, 6.07) is 7.31. The fourth-order valence-corrected chi connectivity index (χ4v) is 3.01. The minimum absolute atomic E-state index is 0.814.